The number of hydrogen-bond acceptors (Lipinski definition) is 6. The van der Waals surface area contributed by atoms with Crippen molar-refractivity contribution >= 4 is 5.65 Å². The second kappa shape index (κ2) is 7.39. The van der Waals surface area contributed by atoms with Crippen molar-refractivity contribution in [2.24, 2.45) is 0 Å². The van der Waals surface area contributed by atoms with Gasteiger partial charge in [0.2, 0.25) is 11.8 Å². The number of fused-ring (bicyclic) bond motifs is 4. The van der Waals surface area contributed by atoms with E-state index in [9.17, 15) is 0 Å². The van der Waals surface area contributed by atoms with Crippen LogP contribution in [0, 0.1) is 13.8 Å². The molecule has 7 rings (SSSR count). The maximum absolute atomic E-state index is 6.43. The summed E-state index contributed by atoms with van der Waals surface area (Å²) in [5.74, 6) is 2.19. The van der Waals surface area contributed by atoms with Gasteiger partial charge in [0.05, 0.1) is 34.7 Å². The Bertz CT molecular complexity index is 1700. The first-order chi connectivity index (χ1) is 17.2. The van der Waals surface area contributed by atoms with Crippen LogP contribution < -0.4 is 4.74 Å². The fourth-order valence-electron chi connectivity index (χ4n) is 4.80. The van der Waals surface area contributed by atoms with Crippen LogP contribution in [0.3, 0.4) is 0 Å². The Morgan fingerprint density at radius 3 is 2.49 bits per heavy atom. The molecule has 170 valence electrons. The molecule has 0 unspecified atom stereocenters. The maximum Gasteiger partial charge on any atom is 0.230 e. The molecule has 0 saturated carbocycles. The van der Waals surface area contributed by atoms with Gasteiger partial charge in [0.1, 0.15) is 12.1 Å². The summed E-state index contributed by atoms with van der Waals surface area (Å²) < 4.78 is 15.9. The number of hydrogen-bond donors (Lipinski definition) is 0. The molecule has 0 N–H and O–H groups in total. The van der Waals surface area contributed by atoms with Gasteiger partial charge < -0.3 is 9.15 Å². The van der Waals surface area contributed by atoms with E-state index in [1.165, 1.54) is 0 Å². The molecule has 0 aliphatic carbocycles. The van der Waals surface area contributed by atoms with Gasteiger partial charge in [0.15, 0.2) is 11.5 Å². The minimum Gasteiger partial charge on any atom is -0.468 e. The summed E-state index contributed by atoms with van der Waals surface area (Å²) >= 11 is 0. The largest absolute Gasteiger partial charge is 0.468 e. The van der Waals surface area contributed by atoms with Crippen LogP contribution in [0.5, 0.6) is 11.8 Å². The van der Waals surface area contributed by atoms with Crippen LogP contribution in [0.15, 0.2) is 83.7 Å². The quantitative estimate of drug-likeness (QED) is 0.348. The molecule has 5 heterocycles. The molecule has 8 heteroatoms. The number of furan rings is 1. The Balaban J connectivity index is 1.49. The minimum absolute atomic E-state index is 0.300. The average molecular weight is 460 g/mol. The predicted octanol–water partition coefficient (Wildman–Crippen LogP) is 5.47. The molecule has 2 aromatic carbocycles. The highest BCUT2D eigenvalue weighted by Crippen LogP contribution is 2.49. The van der Waals surface area contributed by atoms with E-state index >= 15 is 0 Å². The molecule has 1 aliphatic heterocycles. The van der Waals surface area contributed by atoms with Crippen molar-refractivity contribution in [2.75, 3.05) is 0 Å². The van der Waals surface area contributed by atoms with Gasteiger partial charge in [-0.2, -0.15) is 5.10 Å². The summed E-state index contributed by atoms with van der Waals surface area (Å²) in [6.07, 6.45) is 3.32. The lowest BCUT2D eigenvalue weighted by Crippen LogP contribution is -2.15. The second-order valence-electron chi connectivity index (χ2n) is 8.58. The highest BCUT2D eigenvalue weighted by Gasteiger charge is 2.39. The van der Waals surface area contributed by atoms with Crippen LogP contribution >= 0.6 is 0 Å². The van der Waals surface area contributed by atoms with Crippen molar-refractivity contribution in [3.8, 4) is 28.8 Å². The minimum atomic E-state index is -0.300. The Kier molecular flexibility index (Phi) is 4.17. The smallest absolute Gasteiger partial charge is 0.230 e. The summed E-state index contributed by atoms with van der Waals surface area (Å²) in [6, 6.07) is 21.8. The van der Waals surface area contributed by atoms with Gasteiger partial charge >= 0.3 is 0 Å². The molecular weight excluding hydrogens is 440 g/mol. The molecular formula is C27H20N6O2. The third-order valence-electron chi connectivity index (χ3n) is 6.43. The first-order valence-corrected chi connectivity index (χ1v) is 11.4. The summed E-state index contributed by atoms with van der Waals surface area (Å²) in [4.78, 5) is 9.58. The third kappa shape index (κ3) is 2.93. The number of ether oxygens (including phenoxy) is 1. The van der Waals surface area contributed by atoms with E-state index in [1.54, 1.807) is 17.1 Å². The molecule has 1 atom stereocenters. The summed E-state index contributed by atoms with van der Waals surface area (Å²) in [5, 5.41) is 9.56. The summed E-state index contributed by atoms with van der Waals surface area (Å²) in [6.45, 7) is 4.04. The van der Waals surface area contributed by atoms with Gasteiger partial charge in [-0.3, -0.25) is 0 Å². The highest BCUT2D eigenvalue weighted by atomic mass is 16.5. The first kappa shape index (κ1) is 19.7. The van der Waals surface area contributed by atoms with E-state index in [2.05, 4.69) is 18.0 Å². The Morgan fingerprint density at radius 1 is 0.857 bits per heavy atom. The van der Waals surface area contributed by atoms with Crippen LogP contribution in [0.25, 0.3) is 22.7 Å². The monoisotopic (exact) mass is 460 g/mol. The van der Waals surface area contributed by atoms with Crippen LogP contribution in [-0.2, 0) is 0 Å². The zero-order chi connectivity index (χ0) is 23.5. The molecule has 0 bridgehead atoms. The van der Waals surface area contributed by atoms with Gasteiger partial charge in [-0.25, -0.2) is 19.2 Å². The molecule has 1 aliphatic rings. The number of nitrogens with zero attached hydrogens (tertiary/aromatic N) is 6. The molecule has 4 aromatic heterocycles. The lowest BCUT2D eigenvalue weighted by Gasteiger charge is -2.24. The zero-order valence-corrected chi connectivity index (χ0v) is 19.1. The van der Waals surface area contributed by atoms with Gasteiger partial charge in [0, 0.05) is 5.56 Å². The molecule has 35 heavy (non-hydrogen) atoms. The van der Waals surface area contributed by atoms with Crippen LogP contribution in [0.1, 0.15) is 34.1 Å². The van der Waals surface area contributed by atoms with Gasteiger partial charge in [-0.15, -0.1) is 5.10 Å². The fraction of sp³-hybridized carbons (Fsp3) is 0.111. The van der Waals surface area contributed by atoms with Gasteiger partial charge in [0.25, 0.3) is 0 Å². The number of aryl methyl sites for hydroxylation is 2. The molecule has 0 amide bonds. The van der Waals surface area contributed by atoms with E-state index < -0.39 is 0 Å². The molecule has 0 fully saturated rings. The molecule has 0 radical (unpaired) electrons. The SMILES string of the molecule is Cc1ccccc1-c1nc2c3c(ncn2n1)Oc1c(c(C)nn1-c1ccccc1)[C@H]3c1ccco1. The van der Waals surface area contributed by atoms with Crippen LogP contribution in [-0.4, -0.2) is 29.4 Å². The van der Waals surface area contributed by atoms with E-state index in [4.69, 9.17) is 24.3 Å². The lowest BCUT2D eigenvalue weighted by molar-refractivity contribution is 0.392. The number of para-hydroxylation sites is 1. The summed E-state index contributed by atoms with van der Waals surface area (Å²) in [7, 11) is 0. The maximum atomic E-state index is 6.43. The Labute approximate surface area is 200 Å². The van der Waals surface area contributed by atoms with Crippen LogP contribution in [0.4, 0.5) is 0 Å². The van der Waals surface area contributed by atoms with Crippen molar-refractivity contribution < 1.29 is 9.15 Å². The van der Waals surface area contributed by atoms with Crippen molar-refractivity contribution in [3.05, 3.63) is 107 Å². The lowest BCUT2D eigenvalue weighted by atomic mass is 9.88. The van der Waals surface area contributed by atoms with E-state index in [1.807, 2.05) is 72.3 Å². The molecule has 8 nitrogen and oxygen atoms in total. The normalized spacial score (nSPS) is 14.5. The average Bonchev–Trinajstić information content (AvgIpc) is 3.63. The van der Waals surface area contributed by atoms with Crippen LogP contribution in [0.2, 0.25) is 0 Å². The number of benzene rings is 2. The fourth-order valence-corrected chi connectivity index (χ4v) is 4.80. The number of rotatable bonds is 3. The number of aromatic nitrogens is 6. The van der Waals surface area contributed by atoms with Crippen molar-refractivity contribution in [3.63, 3.8) is 0 Å². The zero-order valence-electron chi connectivity index (χ0n) is 19.1. The van der Waals surface area contributed by atoms with Crippen molar-refractivity contribution in [2.45, 2.75) is 19.8 Å². The topological polar surface area (TPSA) is 83.3 Å². The third-order valence-corrected chi connectivity index (χ3v) is 6.43. The van der Waals surface area contributed by atoms with Crippen molar-refractivity contribution in [1.29, 1.82) is 0 Å². The van der Waals surface area contributed by atoms with Crippen molar-refractivity contribution in [1.82, 2.24) is 29.4 Å². The highest BCUT2D eigenvalue weighted by molar-refractivity contribution is 5.69. The summed E-state index contributed by atoms with van der Waals surface area (Å²) in [5.41, 5.74) is 6.23. The Hall–Kier alpha value is -4.72. The van der Waals surface area contributed by atoms with Gasteiger partial charge in [-0.1, -0.05) is 42.5 Å². The predicted molar refractivity (Wildman–Crippen MR) is 129 cm³/mol. The second-order valence-corrected chi connectivity index (χ2v) is 8.58. The standard InChI is InChI=1S/C27H20N6O2/c1-16-9-6-7-12-19(16)24-29-25-23-22(20-13-8-14-34-20)21-17(2)30-33(18-10-4-3-5-11-18)27(21)35-26(23)28-15-32(25)31-24/h3-15,22H,1-2H3/t22-/m1/s1. The van der Waals surface area contributed by atoms with Gasteiger partial charge in [-0.05, 0) is 43.7 Å². The molecule has 0 saturated heterocycles. The van der Waals surface area contributed by atoms with E-state index in [0.29, 0.717) is 23.2 Å². The molecule has 6 aromatic rings. The first-order valence-electron chi connectivity index (χ1n) is 11.4. The van der Waals surface area contributed by atoms with E-state index in [0.717, 1.165) is 39.4 Å². The molecule has 0 spiro atoms. The van der Waals surface area contributed by atoms with E-state index in [-0.39, 0.29) is 5.92 Å². The Morgan fingerprint density at radius 2 is 1.69 bits per heavy atom.